The zero-order valence-corrected chi connectivity index (χ0v) is 8.63. The number of methoxy groups -OCH3 is 1. The van der Waals surface area contributed by atoms with Crippen molar-refractivity contribution in [3.8, 4) is 0 Å². The summed E-state index contributed by atoms with van der Waals surface area (Å²) in [6.45, 7) is 6.67. The number of rotatable bonds is 4. The van der Waals surface area contributed by atoms with E-state index in [0.29, 0.717) is 18.2 Å². The fourth-order valence-corrected chi connectivity index (χ4v) is 1.87. The molecule has 1 saturated carbocycles. The second-order valence-corrected chi connectivity index (χ2v) is 4.20. The molecule has 0 saturated heterocycles. The summed E-state index contributed by atoms with van der Waals surface area (Å²) in [7, 11) is 1.81. The first kappa shape index (κ1) is 10.0. The van der Waals surface area contributed by atoms with Gasteiger partial charge in [0.25, 0.3) is 0 Å². The highest BCUT2D eigenvalue weighted by molar-refractivity contribution is 4.87. The lowest BCUT2D eigenvalue weighted by atomic mass is 9.77. The summed E-state index contributed by atoms with van der Waals surface area (Å²) < 4.78 is 5.24. The number of ether oxygens (including phenoxy) is 1. The number of nitrogens with one attached hydrogen (secondary N) is 1. The van der Waals surface area contributed by atoms with Gasteiger partial charge in [-0.2, -0.15) is 0 Å². The second-order valence-electron chi connectivity index (χ2n) is 4.20. The zero-order valence-electron chi connectivity index (χ0n) is 8.63. The highest BCUT2D eigenvalue weighted by atomic mass is 16.5. The van der Waals surface area contributed by atoms with Gasteiger partial charge in [0, 0.05) is 19.2 Å². The largest absolute Gasteiger partial charge is 0.381 e. The molecule has 0 bridgehead atoms. The van der Waals surface area contributed by atoms with Crippen molar-refractivity contribution in [2.75, 3.05) is 7.11 Å². The molecular formula is C10H21NO. The Morgan fingerprint density at radius 2 is 1.83 bits per heavy atom. The fraction of sp³-hybridized carbons (Fsp3) is 1.00. The highest BCUT2D eigenvalue weighted by Gasteiger charge is 2.32. The lowest BCUT2D eigenvalue weighted by Crippen LogP contribution is -2.45. The third kappa shape index (κ3) is 2.46. The first-order valence-corrected chi connectivity index (χ1v) is 4.92. The maximum absolute atomic E-state index is 5.24. The van der Waals surface area contributed by atoms with E-state index in [2.05, 4.69) is 26.1 Å². The lowest BCUT2D eigenvalue weighted by Gasteiger charge is -2.39. The van der Waals surface area contributed by atoms with Crippen molar-refractivity contribution in [3.05, 3.63) is 0 Å². The summed E-state index contributed by atoms with van der Waals surface area (Å²) in [5, 5.41) is 3.53. The van der Waals surface area contributed by atoms with Crippen LogP contribution in [0, 0.1) is 5.92 Å². The molecule has 2 nitrogen and oxygen atoms in total. The molecule has 0 aromatic heterocycles. The summed E-state index contributed by atoms with van der Waals surface area (Å²) >= 11 is 0. The van der Waals surface area contributed by atoms with E-state index in [4.69, 9.17) is 4.74 Å². The normalized spacial score (nSPS) is 31.8. The van der Waals surface area contributed by atoms with Gasteiger partial charge in [-0.25, -0.2) is 0 Å². The third-order valence-electron chi connectivity index (χ3n) is 2.77. The molecule has 1 aliphatic carbocycles. The average molecular weight is 171 g/mol. The summed E-state index contributed by atoms with van der Waals surface area (Å²) in [6.07, 6.45) is 3.00. The first-order chi connectivity index (χ1) is 5.63. The quantitative estimate of drug-likeness (QED) is 0.696. The molecule has 2 heteroatoms. The third-order valence-corrected chi connectivity index (χ3v) is 2.77. The minimum absolute atomic E-state index is 0.534. The van der Waals surface area contributed by atoms with Crippen LogP contribution in [0.25, 0.3) is 0 Å². The minimum atomic E-state index is 0.534. The predicted molar refractivity (Wildman–Crippen MR) is 51.3 cm³/mol. The molecule has 0 amide bonds. The van der Waals surface area contributed by atoms with Crippen molar-refractivity contribution < 1.29 is 4.74 Å². The van der Waals surface area contributed by atoms with E-state index in [1.807, 2.05) is 0 Å². The first-order valence-electron chi connectivity index (χ1n) is 4.92. The number of hydrogen-bond acceptors (Lipinski definition) is 2. The minimum Gasteiger partial charge on any atom is -0.381 e. The van der Waals surface area contributed by atoms with Crippen molar-refractivity contribution >= 4 is 0 Å². The van der Waals surface area contributed by atoms with E-state index >= 15 is 0 Å². The van der Waals surface area contributed by atoms with E-state index in [1.54, 1.807) is 7.11 Å². The van der Waals surface area contributed by atoms with Crippen molar-refractivity contribution in [3.63, 3.8) is 0 Å². The molecule has 0 spiro atoms. The lowest BCUT2D eigenvalue weighted by molar-refractivity contribution is -0.0107. The molecule has 0 unspecified atom stereocenters. The fourth-order valence-electron chi connectivity index (χ4n) is 1.87. The second kappa shape index (κ2) is 4.24. The molecule has 12 heavy (non-hydrogen) atoms. The molecule has 0 aromatic carbocycles. The standard InChI is InChI=1S/C10H21NO/c1-7(2)11-8(3)9-5-10(6-9)12-4/h7-11H,5-6H2,1-4H3/t8-,9?,10?/m1/s1. The Morgan fingerprint density at radius 1 is 1.25 bits per heavy atom. The summed E-state index contributed by atoms with van der Waals surface area (Å²) in [4.78, 5) is 0. The maximum Gasteiger partial charge on any atom is 0.0577 e. The Labute approximate surface area is 75.7 Å². The van der Waals surface area contributed by atoms with Gasteiger partial charge in [-0.3, -0.25) is 0 Å². The Hall–Kier alpha value is -0.0800. The molecular weight excluding hydrogens is 150 g/mol. The molecule has 1 fully saturated rings. The Balaban J connectivity index is 2.14. The van der Waals surface area contributed by atoms with Gasteiger partial charge in [-0.05, 0) is 25.7 Å². The van der Waals surface area contributed by atoms with Gasteiger partial charge in [0.2, 0.25) is 0 Å². The van der Waals surface area contributed by atoms with Crippen LogP contribution in [-0.2, 0) is 4.74 Å². The van der Waals surface area contributed by atoms with Crippen LogP contribution in [0.2, 0.25) is 0 Å². The van der Waals surface area contributed by atoms with E-state index in [9.17, 15) is 0 Å². The van der Waals surface area contributed by atoms with Crippen molar-refractivity contribution in [2.24, 2.45) is 5.92 Å². The van der Waals surface area contributed by atoms with Crippen LogP contribution in [0.4, 0.5) is 0 Å². The Bertz CT molecular complexity index is 130. The van der Waals surface area contributed by atoms with Crippen LogP contribution < -0.4 is 5.32 Å². The monoisotopic (exact) mass is 171 g/mol. The Morgan fingerprint density at radius 3 is 2.25 bits per heavy atom. The van der Waals surface area contributed by atoms with Gasteiger partial charge in [-0.15, -0.1) is 0 Å². The van der Waals surface area contributed by atoms with Gasteiger partial charge in [0.1, 0.15) is 0 Å². The molecule has 0 radical (unpaired) electrons. The molecule has 1 N–H and O–H groups in total. The van der Waals surface area contributed by atoms with E-state index in [0.717, 1.165) is 5.92 Å². The predicted octanol–water partition coefficient (Wildman–Crippen LogP) is 1.80. The molecule has 1 atom stereocenters. The number of hydrogen-bond donors (Lipinski definition) is 1. The van der Waals surface area contributed by atoms with E-state index in [1.165, 1.54) is 12.8 Å². The Kier molecular flexibility index (Phi) is 3.53. The van der Waals surface area contributed by atoms with E-state index in [-0.39, 0.29) is 0 Å². The van der Waals surface area contributed by atoms with Gasteiger partial charge >= 0.3 is 0 Å². The topological polar surface area (TPSA) is 21.3 Å². The van der Waals surface area contributed by atoms with E-state index < -0.39 is 0 Å². The highest BCUT2D eigenvalue weighted by Crippen LogP contribution is 2.32. The van der Waals surface area contributed by atoms with Gasteiger partial charge < -0.3 is 10.1 Å². The summed E-state index contributed by atoms with van der Waals surface area (Å²) in [5.74, 6) is 0.831. The van der Waals surface area contributed by atoms with Gasteiger partial charge in [-0.1, -0.05) is 13.8 Å². The average Bonchev–Trinajstić information content (AvgIpc) is 1.82. The van der Waals surface area contributed by atoms with Crippen LogP contribution in [0.3, 0.4) is 0 Å². The van der Waals surface area contributed by atoms with Crippen molar-refractivity contribution in [1.29, 1.82) is 0 Å². The van der Waals surface area contributed by atoms with Crippen LogP contribution in [-0.4, -0.2) is 25.3 Å². The molecule has 0 heterocycles. The smallest absolute Gasteiger partial charge is 0.0577 e. The maximum atomic E-state index is 5.24. The van der Waals surface area contributed by atoms with Gasteiger partial charge in [0.15, 0.2) is 0 Å². The van der Waals surface area contributed by atoms with Crippen LogP contribution in [0.1, 0.15) is 33.6 Å². The molecule has 72 valence electrons. The molecule has 1 aliphatic rings. The van der Waals surface area contributed by atoms with Crippen molar-refractivity contribution in [2.45, 2.75) is 51.8 Å². The van der Waals surface area contributed by atoms with Crippen LogP contribution >= 0.6 is 0 Å². The summed E-state index contributed by atoms with van der Waals surface area (Å²) in [6, 6.07) is 1.25. The molecule has 0 aliphatic heterocycles. The molecule has 0 aromatic rings. The molecule has 1 rings (SSSR count). The van der Waals surface area contributed by atoms with Crippen LogP contribution in [0.15, 0.2) is 0 Å². The SMILES string of the molecule is COC1CC([C@@H](C)NC(C)C)C1. The van der Waals surface area contributed by atoms with Crippen LogP contribution in [0.5, 0.6) is 0 Å². The van der Waals surface area contributed by atoms with Crippen molar-refractivity contribution in [1.82, 2.24) is 5.32 Å². The van der Waals surface area contributed by atoms with Gasteiger partial charge in [0.05, 0.1) is 6.10 Å². The zero-order chi connectivity index (χ0) is 9.14. The summed E-state index contributed by atoms with van der Waals surface area (Å²) in [5.41, 5.74) is 0.